The van der Waals surface area contributed by atoms with Gasteiger partial charge >= 0.3 is 0 Å². The van der Waals surface area contributed by atoms with Crippen LogP contribution in [-0.2, 0) is 4.79 Å². The lowest BCUT2D eigenvalue weighted by Crippen LogP contribution is -2.32. The fourth-order valence-electron chi connectivity index (χ4n) is 2.77. The minimum Gasteiger partial charge on any atom is -0.308 e. The summed E-state index contributed by atoms with van der Waals surface area (Å²) in [6, 6.07) is 7.58. The highest BCUT2D eigenvalue weighted by Gasteiger charge is 2.33. The van der Waals surface area contributed by atoms with Crippen molar-refractivity contribution in [3.63, 3.8) is 0 Å². The molecule has 7 heteroatoms. The lowest BCUT2D eigenvalue weighted by Gasteiger charge is -2.15. The number of hydrogen-bond acceptors (Lipinski definition) is 5. The Labute approximate surface area is 129 Å². The third kappa shape index (κ3) is 1.66. The fraction of sp³-hybridized carbons (Fsp3) is 0.200. The lowest BCUT2D eigenvalue weighted by atomic mass is 10.1. The number of nitrogens with zero attached hydrogens (tertiary/aromatic N) is 4. The van der Waals surface area contributed by atoms with Gasteiger partial charge in [-0.15, -0.1) is 0 Å². The van der Waals surface area contributed by atoms with E-state index in [9.17, 15) is 9.59 Å². The Kier molecular flexibility index (Phi) is 2.83. The highest BCUT2D eigenvalue weighted by atomic mass is 32.1. The highest BCUT2D eigenvalue weighted by Crippen LogP contribution is 2.35. The molecule has 3 aromatic rings. The molecule has 0 bridgehead atoms. The SMILES string of the molecule is CCCN1C(=O)C(=c2sc3ncnn3c2=O)c2ccccc21. The number of carbonyl (C=O) groups excluding carboxylic acids is 1. The van der Waals surface area contributed by atoms with Crippen LogP contribution in [0.1, 0.15) is 18.9 Å². The molecule has 0 unspecified atom stereocenters. The number of carbonyl (C=O) groups is 1. The monoisotopic (exact) mass is 312 g/mol. The molecule has 0 fully saturated rings. The van der Waals surface area contributed by atoms with E-state index in [2.05, 4.69) is 10.1 Å². The van der Waals surface area contributed by atoms with Crippen LogP contribution in [0.25, 0.3) is 10.5 Å². The molecule has 0 spiro atoms. The van der Waals surface area contributed by atoms with Crippen molar-refractivity contribution in [3.8, 4) is 0 Å². The molecule has 0 N–H and O–H groups in total. The molecule has 1 aromatic carbocycles. The third-order valence-electron chi connectivity index (χ3n) is 3.69. The number of fused-ring (bicyclic) bond motifs is 2. The first-order chi connectivity index (χ1) is 10.7. The molecular weight excluding hydrogens is 300 g/mol. The molecule has 6 nitrogen and oxygen atoms in total. The number of thiazole rings is 1. The van der Waals surface area contributed by atoms with Crippen LogP contribution in [0.5, 0.6) is 0 Å². The molecular formula is C15H12N4O2S. The van der Waals surface area contributed by atoms with Gasteiger partial charge in [0.05, 0.1) is 11.3 Å². The van der Waals surface area contributed by atoms with Crippen molar-refractivity contribution in [2.45, 2.75) is 13.3 Å². The third-order valence-corrected chi connectivity index (χ3v) is 4.74. The molecule has 3 heterocycles. The van der Waals surface area contributed by atoms with E-state index in [1.54, 1.807) is 4.90 Å². The van der Waals surface area contributed by atoms with Crippen LogP contribution in [-0.4, -0.2) is 27.0 Å². The van der Waals surface area contributed by atoms with Crippen molar-refractivity contribution in [2.24, 2.45) is 0 Å². The molecule has 0 saturated heterocycles. The second-order valence-corrected chi connectivity index (χ2v) is 6.02. The maximum atomic E-state index is 12.8. The van der Waals surface area contributed by atoms with Crippen LogP contribution < -0.4 is 15.0 Å². The van der Waals surface area contributed by atoms with Crippen LogP contribution >= 0.6 is 11.3 Å². The van der Waals surface area contributed by atoms with Crippen molar-refractivity contribution < 1.29 is 4.79 Å². The molecule has 0 atom stereocenters. The Bertz CT molecular complexity index is 1000. The number of aromatic nitrogens is 3. The van der Waals surface area contributed by atoms with Crippen LogP contribution in [0, 0.1) is 0 Å². The Hall–Kier alpha value is -2.54. The Balaban J connectivity index is 2.09. The quantitative estimate of drug-likeness (QED) is 0.703. The number of amides is 1. The molecule has 0 radical (unpaired) electrons. The van der Waals surface area contributed by atoms with E-state index in [0.29, 0.717) is 21.6 Å². The number of hydrogen-bond donors (Lipinski definition) is 0. The van der Waals surface area contributed by atoms with Gasteiger partial charge in [-0.1, -0.05) is 36.5 Å². The summed E-state index contributed by atoms with van der Waals surface area (Å²) in [5.74, 6) is -0.121. The maximum absolute atomic E-state index is 12.8. The molecule has 0 aliphatic carbocycles. The van der Waals surface area contributed by atoms with E-state index in [0.717, 1.165) is 17.7 Å². The van der Waals surface area contributed by atoms with Crippen LogP contribution in [0.15, 0.2) is 35.4 Å². The van der Waals surface area contributed by atoms with Gasteiger partial charge in [-0.05, 0) is 12.5 Å². The molecule has 0 saturated carbocycles. The van der Waals surface area contributed by atoms with Gasteiger partial charge in [-0.3, -0.25) is 9.59 Å². The molecule has 1 aliphatic rings. The summed E-state index contributed by atoms with van der Waals surface area (Å²) >= 11 is 1.21. The van der Waals surface area contributed by atoms with Gasteiger partial charge in [0.2, 0.25) is 4.96 Å². The van der Waals surface area contributed by atoms with E-state index >= 15 is 0 Å². The first-order valence-electron chi connectivity index (χ1n) is 7.00. The smallest absolute Gasteiger partial charge is 0.291 e. The van der Waals surface area contributed by atoms with Gasteiger partial charge in [0.15, 0.2) is 0 Å². The summed E-state index contributed by atoms with van der Waals surface area (Å²) in [4.78, 5) is 31.6. The summed E-state index contributed by atoms with van der Waals surface area (Å²) in [5, 5.41) is 3.91. The Morgan fingerprint density at radius 2 is 2.05 bits per heavy atom. The number of rotatable bonds is 2. The van der Waals surface area contributed by atoms with Crippen LogP contribution in [0.4, 0.5) is 5.69 Å². The minimum absolute atomic E-state index is 0.121. The lowest BCUT2D eigenvalue weighted by molar-refractivity contribution is -0.113. The zero-order valence-electron chi connectivity index (χ0n) is 11.8. The van der Waals surface area contributed by atoms with E-state index in [-0.39, 0.29) is 11.5 Å². The molecule has 1 aliphatic heterocycles. The zero-order chi connectivity index (χ0) is 15.3. The predicted molar refractivity (Wildman–Crippen MR) is 83.9 cm³/mol. The molecule has 4 rings (SSSR count). The van der Waals surface area contributed by atoms with Crippen LogP contribution in [0.2, 0.25) is 0 Å². The van der Waals surface area contributed by atoms with Crippen molar-refractivity contribution in [1.82, 2.24) is 14.6 Å². The Morgan fingerprint density at radius 1 is 1.23 bits per heavy atom. The number of benzene rings is 1. The first kappa shape index (κ1) is 13.1. The Morgan fingerprint density at radius 3 is 2.82 bits per heavy atom. The minimum atomic E-state index is -0.283. The molecule has 1 amide bonds. The van der Waals surface area contributed by atoms with E-state index < -0.39 is 0 Å². The van der Waals surface area contributed by atoms with Crippen molar-refractivity contribution >= 4 is 33.5 Å². The van der Waals surface area contributed by atoms with Gasteiger partial charge in [-0.25, -0.2) is 4.98 Å². The summed E-state index contributed by atoms with van der Waals surface area (Å²) in [5.41, 5.74) is 1.85. The van der Waals surface area contributed by atoms with Gasteiger partial charge in [0.1, 0.15) is 10.9 Å². The largest absolute Gasteiger partial charge is 0.308 e. The van der Waals surface area contributed by atoms with Crippen molar-refractivity contribution in [2.75, 3.05) is 11.4 Å². The second kappa shape index (κ2) is 4.74. The van der Waals surface area contributed by atoms with Crippen molar-refractivity contribution in [1.29, 1.82) is 0 Å². The molecule has 22 heavy (non-hydrogen) atoms. The number of anilines is 1. The number of para-hydroxylation sites is 1. The first-order valence-corrected chi connectivity index (χ1v) is 7.82. The van der Waals surface area contributed by atoms with Gasteiger partial charge in [-0.2, -0.15) is 9.61 Å². The summed E-state index contributed by atoms with van der Waals surface area (Å²) in [6.45, 7) is 2.66. The predicted octanol–water partition coefficient (Wildman–Crippen LogP) is 0.825. The van der Waals surface area contributed by atoms with Gasteiger partial charge < -0.3 is 4.90 Å². The zero-order valence-corrected chi connectivity index (χ0v) is 12.6. The topological polar surface area (TPSA) is 67.6 Å². The average molecular weight is 312 g/mol. The second-order valence-electron chi connectivity index (χ2n) is 5.04. The van der Waals surface area contributed by atoms with Crippen LogP contribution in [0.3, 0.4) is 0 Å². The van der Waals surface area contributed by atoms with Gasteiger partial charge in [0, 0.05) is 12.1 Å². The normalized spacial score (nSPS) is 16.6. The summed E-state index contributed by atoms with van der Waals surface area (Å²) in [7, 11) is 0. The maximum Gasteiger partial charge on any atom is 0.291 e. The highest BCUT2D eigenvalue weighted by molar-refractivity contribution is 7.15. The summed E-state index contributed by atoms with van der Waals surface area (Å²) in [6.07, 6.45) is 2.20. The average Bonchev–Trinajstić information content (AvgIpc) is 3.16. The van der Waals surface area contributed by atoms with Crippen molar-refractivity contribution in [3.05, 3.63) is 51.0 Å². The molecule has 2 aromatic heterocycles. The fourth-order valence-corrected chi connectivity index (χ4v) is 3.75. The van der Waals surface area contributed by atoms with E-state index in [1.807, 2.05) is 31.2 Å². The molecule has 110 valence electrons. The standard InChI is InChI=1S/C15H12N4O2S/c1-2-7-18-10-6-4-3-5-9(10)11(13(18)20)12-14(21)19-15(22-12)16-8-17-19/h3-6,8H,2,7H2,1H3. The van der Waals surface area contributed by atoms with Gasteiger partial charge in [0.25, 0.3) is 11.5 Å². The summed E-state index contributed by atoms with van der Waals surface area (Å²) < 4.78 is 1.65. The van der Waals surface area contributed by atoms with E-state index in [1.165, 1.54) is 22.2 Å². The van der Waals surface area contributed by atoms with E-state index in [4.69, 9.17) is 0 Å².